The largest absolute Gasteiger partial charge is 0.355 e. The smallest absolute Gasteiger partial charge is 0.0713 e. The van der Waals surface area contributed by atoms with E-state index in [0.29, 0.717) is 0 Å². The Morgan fingerprint density at radius 2 is 0.812 bits per heavy atom. The number of nitrogens with zero attached hydrogens (tertiary/aromatic N) is 1. The fourth-order valence-electron chi connectivity index (χ4n) is 11.2. The van der Waals surface area contributed by atoms with E-state index in [1.807, 2.05) is 0 Å². The number of rotatable bonds is 9. The molecule has 0 spiro atoms. The molecular weight excluding hydrogens is 833 g/mol. The van der Waals surface area contributed by atoms with E-state index < -0.39 is 5.41 Å². The summed E-state index contributed by atoms with van der Waals surface area (Å²) >= 11 is 0. The van der Waals surface area contributed by atoms with Crippen LogP contribution in [0, 0.1) is 0 Å². The molecule has 0 radical (unpaired) electrons. The summed E-state index contributed by atoms with van der Waals surface area (Å²) in [4.78, 5) is 0. The van der Waals surface area contributed by atoms with E-state index in [4.69, 9.17) is 0 Å². The molecule has 1 aromatic heterocycles. The van der Waals surface area contributed by atoms with Crippen LogP contribution in [-0.4, -0.2) is 4.57 Å². The van der Waals surface area contributed by atoms with E-state index in [0.717, 1.165) is 28.2 Å². The van der Waals surface area contributed by atoms with Gasteiger partial charge in [-0.25, -0.2) is 0 Å². The number of fused-ring (bicyclic) bond motifs is 6. The second-order valence-electron chi connectivity index (χ2n) is 18.1. The van der Waals surface area contributed by atoms with Crippen molar-refractivity contribution in [2.75, 3.05) is 5.32 Å². The van der Waals surface area contributed by atoms with Crippen LogP contribution in [0.1, 0.15) is 22.3 Å². The maximum Gasteiger partial charge on any atom is 0.0713 e. The average Bonchev–Trinajstić information content (AvgIpc) is 3.93. The summed E-state index contributed by atoms with van der Waals surface area (Å²) in [6.45, 7) is 0. The summed E-state index contributed by atoms with van der Waals surface area (Å²) in [6.07, 6.45) is 0. The first kappa shape index (κ1) is 40.3. The van der Waals surface area contributed by atoms with Crippen molar-refractivity contribution in [1.82, 2.24) is 4.57 Å². The summed E-state index contributed by atoms with van der Waals surface area (Å²) in [7, 11) is 0. The molecule has 2 nitrogen and oxygen atoms in total. The van der Waals surface area contributed by atoms with Gasteiger partial charge in [0.1, 0.15) is 0 Å². The zero-order valence-corrected chi connectivity index (χ0v) is 37.9. The van der Waals surface area contributed by atoms with Crippen LogP contribution >= 0.6 is 0 Å². The van der Waals surface area contributed by atoms with Crippen molar-refractivity contribution < 1.29 is 0 Å². The zero-order chi connectivity index (χ0) is 45.7. The molecular formula is C67H46N2. The Kier molecular flexibility index (Phi) is 9.77. The monoisotopic (exact) mass is 878 g/mol. The molecule has 1 N–H and O–H groups in total. The van der Waals surface area contributed by atoms with Crippen molar-refractivity contribution >= 4 is 33.2 Å². The van der Waals surface area contributed by atoms with Crippen LogP contribution in [0.5, 0.6) is 0 Å². The average molecular weight is 879 g/mol. The number of anilines is 2. The second-order valence-corrected chi connectivity index (χ2v) is 18.1. The third kappa shape index (κ3) is 6.72. The SMILES string of the molecule is c1ccc(-c2ccc(Nc3ccc(-c4ccc5c(c4)c4ccccc4n5-c4cccc(-c5ccccc5)c4)cc3-c3cccc4c3-c3ccccc3C4(c3ccccc3)c3ccccc3)cc2)cc1. The standard InChI is InChI=1S/C67H46N2/c1-5-19-46(20-6-1)48-35-39-54(40-36-48)68-63-41-37-50(51-38-42-65-60(45-51)56-29-14-16-34-64(56)69(65)55-28-17-23-49(43-55)47-21-7-2-8-22-47)44-59(63)57-31-18-33-62-66(57)58-30-13-15-32-61(58)67(62,52-24-9-3-10-25-52)53-26-11-4-12-27-53/h1-45,68H. The molecule has 0 aliphatic heterocycles. The topological polar surface area (TPSA) is 17.0 Å². The van der Waals surface area contributed by atoms with Gasteiger partial charge in [0.2, 0.25) is 0 Å². The van der Waals surface area contributed by atoms with E-state index in [1.165, 1.54) is 88.6 Å². The van der Waals surface area contributed by atoms with E-state index >= 15 is 0 Å². The van der Waals surface area contributed by atoms with E-state index in [2.05, 4.69) is 283 Å². The number of nitrogens with one attached hydrogen (secondary N) is 1. The Labute approximate surface area is 403 Å². The Morgan fingerprint density at radius 3 is 1.55 bits per heavy atom. The van der Waals surface area contributed by atoms with Crippen molar-refractivity contribution in [3.8, 4) is 61.3 Å². The van der Waals surface area contributed by atoms with Crippen LogP contribution in [0.15, 0.2) is 273 Å². The predicted octanol–water partition coefficient (Wildman–Crippen LogP) is 17.6. The Bertz CT molecular complexity index is 3790. The highest BCUT2D eigenvalue weighted by Gasteiger charge is 2.46. The predicted molar refractivity (Wildman–Crippen MR) is 290 cm³/mol. The lowest BCUT2D eigenvalue weighted by atomic mass is 9.67. The first-order chi connectivity index (χ1) is 34.2. The summed E-state index contributed by atoms with van der Waals surface area (Å²) in [6, 6.07) is 99.8. The molecule has 1 heterocycles. The minimum Gasteiger partial charge on any atom is -0.355 e. The lowest BCUT2D eigenvalue weighted by molar-refractivity contribution is 0.768. The first-order valence-corrected chi connectivity index (χ1v) is 23.8. The van der Waals surface area contributed by atoms with Gasteiger partial charge in [-0.3, -0.25) is 0 Å². The molecule has 0 bridgehead atoms. The normalized spacial score (nSPS) is 12.5. The molecule has 69 heavy (non-hydrogen) atoms. The molecule has 324 valence electrons. The molecule has 1 aliphatic carbocycles. The van der Waals surface area contributed by atoms with Crippen LogP contribution in [0.2, 0.25) is 0 Å². The fraction of sp³-hybridized carbons (Fsp3) is 0.0149. The van der Waals surface area contributed by atoms with E-state index in [9.17, 15) is 0 Å². The van der Waals surface area contributed by atoms with Gasteiger partial charge < -0.3 is 9.88 Å². The molecule has 0 saturated carbocycles. The van der Waals surface area contributed by atoms with Crippen LogP contribution < -0.4 is 5.32 Å². The lowest BCUT2D eigenvalue weighted by Crippen LogP contribution is -2.28. The number of aromatic nitrogens is 1. The third-order valence-electron chi connectivity index (χ3n) is 14.3. The highest BCUT2D eigenvalue weighted by molar-refractivity contribution is 6.11. The van der Waals surface area contributed by atoms with Gasteiger partial charge in [-0.2, -0.15) is 0 Å². The summed E-state index contributed by atoms with van der Waals surface area (Å²) in [5.74, 6) is 0. The second kappa shape index (κ2) is 16.7. The van der Waals surface area contributed by atoms with Gasteiger partial charge in [-0.05, 0) is 127 Å². The Morgan fingerprint density at radius 1 is 0.304 bits per heavy atom. The van der Waals surface area contributed by atoms with Gasteiger partial charge in [0.25, 0.3) is 0 Å². The molecule has 2 heteroatoms. The van der Waals surface area contributed by atoms with Crippen LogP contribution in [0.4, 0.5) is 11.4 Å². The van der Waals surface area contributed by atoms with E-state index in [-0.39, 0.29) is 0 Å². The van der Waals surface area contributed by atoms with Crippen molar-refractivity contribution in [2.24, 2.45) is 0 Å². The number of hydrogen-bond acceptors (Lipinski definition) is 1. The van der Waals surface area contributed by atoms with Gasteiger partial charge in [-0.1, -0.05) is 218 Å². The van der Waals surface area contributed by atoms with Gasteiger partial charge >= 0.3 is 0 Å². The molecule has 13 rings (SSSR count). The van der Waals surface area contributed by atoms with Gasteiger partial charge in [-0.15, -0.1) is 0 Å². The maximum atomic E-state index is 3.92. The van der Waals surface area contributed by atoms with Crippen molar-refractivity contribution in [3.63, 3.8) is 0 Å². The zero-order valence-electron chi connectivity index (χ0n) is 37.9. The summed E-state index contributed by atoms with van der Waals surface area (Å²) in [5.41, 5.74) is 22.1. The van der Waals surface area contributed by atoms with Crippen LogP contribution in [0.25, 0.3) is 83.1 Å². The molecule has 11 aromatic carbocycles. The van der Waals surface area contributed by atoms with Crippen molar-refractivity contribution in [2.45, 2.75) is 5.41 Å². The van der Waals surface area contributed by atoms with Crippen molar-refractivity contribution in [3.05, 3.63) is 295 Å². The minimum atomic E-state index is -0.511. The van der Waals surface area contributed by atoms with Gasteiger partial charge in [0.15, 0.2) is 0 Å². The highest BCUT2D eigenvalue weighted by atomic mass is 15.0. The minimum absolute atomic E-state index is 0.511. The quantitative estimate of drug-likeness (QED) is 0.153. The van der Waals surface area contributed by atoms with Crippen LogP contribution in [-0.2, 0) is 5.41 Å². The Balaban J connectivity index is 1.00. The van der Waals surface area contributed by atoms with E-state index in [1.54, 1.807) is 0 Å². The number of hydrogen-bond donors (Lipinski definition) is 1. The highest BCUT2D eigenvalue weighted by Crippen LogP contribution is 2.59. The molecule has 0 amide bonds. The third-order valence-corrected chi connectivity index (χ3v) is 14.3. The van der Waals surface area contributed by atoms with Gasteiger partial charge in [0, 0.05) is 33.4 Å². The number of para-hydroxylation sites is 1. The molecule has 0 fully saturated rings. The van der Waals surface area contributed by atoms with Crippen LogP contribution in [0.3, 0.4) is 0 Å². The molecule has 0 saturated heterocycles. The lowest BCUT2D eigenvalue weighted by Gasteiger charge is -2.34. The Hall–Kier alpha value is -8.98. The van der Waals surface area contributed by atoms with Crippen molar-refractivity contribution in [1.29, 1.82) is 0 Å². The molecule has 12 aromatic rings. The first-order valence-electron chi connectivity index (χ1n) is 23.8. The maximum absolute atomic E-state index is 3.92. The molecule has 0 unspecified atom stereocenters. The molecule has 0 atom stereocenters. The fourth-order valence-corrected chi connectivity index (χ4v) is 11.2. The van der Waals surface area contributed by atoms with Gasteiger partial charge in [0.05, 0.1) is 16.4 Å². The molecule has 1 aliphatic rings. The number of benzene rings is 11. The summed E-state index contributed by atoms with van der Waals surface area (Å²) < 4.78 is 2.42. The summed E-state index contributed by atoms with van der Waals surface area (Å²) in [5, 5.41) is 6.37.